The van der Waals surface area contributed by atoms with Crippen molar-refractivity contribution in [1.82, 2.24) is 10.2 Å². The minimum atomic E-state index is -0.171. The van der Waals surface area contributed by atoms with Crippen molar-refractivity contribution in [3.63, 3.8) is 0 Å². The van der Waals surface area contributed by atoms with Crippen molar-refractivity contribution in [3.8, 4) is 5.75 Å². The summed E-state index contributed by atoms with van der Waals surface area (Å²) in [5, 5.41) is 3.88. The van der Waals surface area contributed by atoms with Gasteiger partial charge in [0.05, 0.1) is 23.3 Å². The molecule has 0 saturated carbocycles. The van der Waals surface area contributed by atoms with E-state index in [2.05, 4.69) is 5.32 Å². The molecule has 1 fully saturated rings. The Kier molecular flexibility index (Phi) is 6.24. The van der Waals surface area contributed by atoms with Crippen molar-refractivity contribution >= 4 is 35.0 Å². The number of para-hydroxylation sites is 1. The lowest BCUT2D eigenvalue weighted by molar-refractivity contribution is 0.0698. The fourth-order valence-electron chi connectivity index (χ4n) is 3.15. The van der Waals surface area contributed by atoms with Gasteiger partial charge < -0.3 is 15.0 Å². The van der Waals surface area contributed by atoms with Crippen LogP contribution >= 0.6 is 23.2 Å². The second kappa shape index (κ2) is 8.63. The molecule has 0 aliphatic carbocycles. The van der Waals surface area contributed by atoms with Gasteiger partial charge in [0.2, 0.25) is 0 Å². The molecule has 2 aromatic carbocycles. The normalized spacial score (nSPS) is 14.7. The highest BCUT2D eigenvalue weighted by Crippen LogP contribution is 2.24. The number of carbonyl (C=O) groups is 2. The number of rotatable bonds is 4. The highest BCUT2D eigenvalue weighted by Gasteiger charge is 2.26. The van der Waals surface area contributed by atoms with Crippen molar-refractivity contribution in [1.29, 1.82) is 0 Å². The van der Waals surface area contributed by atoms with E-state index in [0.717, 1.165) is 0 Å². The van der Waals surface area contributed by atoms with Crippen LogP contribution in [0.5, 0.6) is 5.75 Å². The van der Waals surface area contributed by atoms with Gasteiger partial charge in [0, 0.05) is 24.2 Å². The van der Waals surface area contributed by atoms with Crippen molar-refractivity contribution in [2.24, 2.45) is 0 Å². The summed E-state index contributed by atoms with van der Waals surface area (Å²) in [6.07, 6.45) is 1.34. The average molecular weight is 407 g/mol. The molecular formula is C20H20Cl2N2O3. The zero-order valence-corrected chi connectivity index (χ0v) is 16.4. The van der Waals surface area contributed by atoms with E-state index in [-0.39, 0.29) is 17.9 Å². The third-order valence-electron chi connectivity index (χ3n) is 4.63. The molecule has 0 spiro atoms. The van der Waals surface area contributed by atoms with Gasteiger partial charge in [-0.25, -0.2) is 0 Å². The first-order valence-corrected chi connectivity index (χ1v) is 9.43. The summed E-state index contributed by atoms with van der Waals surface area (Å²) in [7, 11) is 1.54. The van der Waals surface area contributed by atoms with Crippen molar-refractivity contribution in [2.45, 2.75) is 18.9 Å². The van der Waals surface area contributed by atoms with E-state index in [9.17, 15) is 9.59 Å². The van der Waals surface area contributed by atoms with Crippen LogP contribution in [0.2, 0.25) is 10.0 Å². The molecule has 2 aromatic rings. The summed E-state index contributed by atoms with van der Waals surface area (Å²) >= 11 is 12.1. The molecule has 0 atom stereocenters. The molecule has 0 radical (unpaired) electrons. The molecular weight excluding hydrogens is 387 g/mol. The number of piperidine rings is 1. The van der Waals surface area contributed by atoms with Crippen LogP contribution in [0, 0.1) is 0 Å². The molecule has 7 heteroatoms. The standard InChI is InChI=1S/C20H20Cl2N2O3/c1-27-18-5-3-2-4-15(18)19(25)23-14-8-10-24(11-9-14)20(26)16-12-13(21)6-7-17(16)22/h2-7,12,14H,8-11H2,1H3,(H,23,25). The SMILES string of the molecule is COc1ccccc1C(=O)NC1CCN(C(=O)c2cc(Cl)ccc2Cl)CC1. The van der Waals surface area contributed by atoms with Crippen LogP contribution in [0.25, 0.3) is 0 Å². The second-order valence-electron chi connectivity index (χ2n) is 6.36. The van der Waals surface area contributed by atoms with E-state index < -0.39 is 0 Å². The summed E-state index contributed by atoms with van der Waals surface area (Å²) in [4.78, 5) is 26.9. The molecule has 0 aromatic heterocycles. The average Bonchev–Trinajstić information content (AvgIpc) is 2.69. The molecule has 3 rings (SSSR count). The largest absolute Gasteiger partial charge is 0.496 e. The zero-order chi connectivity index (χ0) is 19.4. The summed E-state index contributed by atoms with van der Waals surface area (Å²) < 4.78 is 5.24. The van der Waals surface area contributed by atoms with Gasteiger partial charge in [0.15, 0.2) is 0 Å². The number of hydrogen-bond acceptors (Lipinski definition) is 3. The number of nitrogens with one attached hydrogen (secondary N) is 1. The van der Waals surface area contributed by atoms with E-state index in [4.69, 9.17) is 27.9 Å². The van der Waals surface area contributed by atoms with Crippen molar-refractivity contribution in [2.75, 3.05) is 20.2 Å². The molecule has 1 saturated heterocycles. The third-order valence-corrected chi connectivity index (χ3v) is 5.19. The van der Waals surface area contributed by atoms with Crippen LogP contribution in [0.4, 0.5) is 0 Å². The Morgan fingerprint density at radius 1 is 1.07 bits per heavy atom. The number of methoxy groups -OCH3 is 1. The first-order valence-electron chi connectivity index (χ1n) is 8.68. The fraction of sp³-hybridized carbons (Fsp3) is 0.300. The van der Waals surface area contributed by atoms with Crippen LogP contribution in [-0.2, 0) is 0 Å². The quantitative estimate of drug-likeness (QED) is 0.833. The van der Waals surface area contributed by atoms with Crippen LogP contribution < -0.4 is 10.1 Å². The fourth-order valence-corrected chi connectivity index (χ4v) is 3.52. The molecule has 5 nitrogen and oxygen atoms in total. The van der Waals surface area contributed by atoms with Crippen LogP contribution in [0.3, 0.4) is 0 Å². The van der Waals surface area contributed by atoms with E-state index in [1.807, 2.05) is 6.07 Å². The van der Waals surface area contributed by atoms with E-state index in [1.165, 1.54) is 7.11 Å². The first-order chi connectivity index (χ1) is 13.0. The van der Waals surface area contributed by atoms with Crippen molar-refractivity contribution in [3.05, 3.63) is 63.6 Å². The van der Waals surface area contributed by atoms with E-state index in [1.54, 1.807) is 41.3 Å². The summed E-state index contributed by atoms with van der Waals surface area (Å²) in [5.74, 6) is 0.227. The van der Waals surface area contributed by atoms with Gasteiger partial charge in [-0.05, 0) is 43.2 Å². The lowest BCUT2D eigenvalue weighted by Gasteiger charge is -2.32. The highest BCUT2D eigenvalue weighted by atomic mass is 35.5. The van der Waals surface area contributed by atoms with Gasteiger partial charge in [-0.2, -0.15) is 0 Å². The monoisotopic (exact) mass is 406 g/mol. The van der Waals surface area contributed by atoms with Crippen molar-refractivity contribution < 1.29 is 14.3 Å². The second-order valence-corrected chi connectivity index (χ2v) is 7.21. The number of ether oxygens (including phenoxy) is 1. The predicted octanol–water partition coefficient (Wildman–Crippen LogP) is 4.04. The first kappa shape index (κ1) is 19.5. The minimum absolute atomic E-state index is 0.00120. The van der Waals surface area contributed by atoms with Crippen LogP contribution in [0.1, 0.15) is 33.6 Å². The van der Waals surface area contributed by atoms with Gasteiger partial charge in [-0.1, -0.05) is 35.3 Å². The molecule has 2 amide bonds. The van der Waals surface area contributed by atoms with Gasteiger partial charge in [0.25, 0.3) is 11.8 Å². The Morgan fingerprint density at radius 2 is 1.78 bits per heavy atom. The molecule has 1 N–H and O–H groups in total. The summed E-state index contributed by atoms with van der Waals surface area (Å²) in [6.45, 7) is 1.08. The molecule has 1 heterocycles. The Hall–Kier alpha value is -2.24. The number of halogens is 2. The third kappa shape index (κ3) is 4.54. The number of carbonyl (C=O) groups excluding carboxylic acids is 2. The maximum absolute atomic E-state index is 12.7. The highest BCUT2D eigenvalue weighted by molar-refractivity contribution is 6.35. The number of benzene rings is 2. The minimum Gasteiger partial charge on any atom is -0.496 e. The molecule has 27 heavy (non-hydrogen) atoms. The summed E-state index contributed by atoms with van der Waals surface area (Å²) in [6, 6.07) is 12.0. The number of nitrogens with zero attached hydrogens (tertiary/aromatic N) is 1. The molecule has 0 unspecified atom stereocenters. The predicted molar refractivity (Wildman–Crippen MR) is 106 cm³/mol. The molecule has 0 bridgehead atoms. The van der Waals surface area contributed by atoms with Gasteiger partial charge in [0.1, 0.15) is 5.75 Å². The van der Waals surface area contributed by atoms with Crippen LogP contribution in [-0.4, -0.2) is 43.0 Å². The molecule has 142 valence electrons. The maximum Gasteiger partial charge on any atom is 0.255 e. The smallest absolute Gasteiger partial charge is 0.255 e. The number of hydrogen-bond donors (Lipinski definition) is 1. The lowest BCUT2D eigenvalue weighted by atomic mass is 10.0. The van der Waals surface area contributed by atoms with Gasteiger partial charge in [-0.15, -0.1) is 0 Å². The Morgan fingerprint density at radius 3 is 2.48 bits per heavy atom. The van der Waals surface area contributed by atoms with E-state index >= 15 is 0 Å². The molecule has 1 aliphatic rings. The lowest BCUT2D eigenvalue weighted by Crippen LogP contribution is -2.46. The van der Waals surface area contributed by atoms with Gasteiger partial charge in [-0.3, -0.25) is 9.59 Å². The Labute approximate surface area is 168 Å². The summed E-state index contributed by atoms with van der Waals surface area (Å²) in [5.41, 5.74) is 0.907. The number of amides is 2. The zero-order valence-electron chi connectivity index (χ0n) is 14.9. The van der Waals surface area contributed by atoms with E-state index in [0.29, 0.717) is 52.9 Å². The Balaban J connectivity index is 1.59. The molecule has 1 aliphatic heterocycles. The Bertz CT molecular complexity index is 849. The maximum atomic E-state index is 12.7. The van der Waals surface area contributed by atoms with Gasteiger partial charge >= 0.3 is 0 Å². The van der Waals surface area contributed by atoms with Crippen LogP contribution in [0.15, 0.2) is 42.5 Å². The topological polar surface area (TPSA) is 58.6 Å². The number of likely N-dealkylation sites (tertiary alicyclic amines) is 1.